The average Bonchev–Trinajstić information content (AvgIpc) is 3.21. The van der Waals surface area contributed by atoms with Crippen molar-refractivity contribution in [3.63, 3.8) is 0 Å². The summed E-state index contributed by atoms with van der Waals surface area (Å²) in [5.41, 5.74) is -0.263. The molecule has 3 aliphatic rings. The summed E-state index contributed by atoms with van der Waals surface area (Å²) in [5.74, 6) is -0.537. The molecule has 134 valence electrons. The van der Waals surface area contributed by atoms with Gasteiger partial charge in [0.05, 0.1) is 10.8 Å². The third kappa shape index (κ3) is 2.48. The number of ether oxygens (including phenoxy) is 1. The SMILES string of the molecule is O=C(N1C[C@@H]2CCC[C@@]2(C(=O)O)C1)C1(c2ccccc2)CCOCC1. The van der Waals surface area contributed by atoms with E-state index in [0.717, 1.165) is 18.4 Å². The predicted molar refractivity (Wildman–Crippen MR) is 92.2 cm³/mol. The van der Waals surface area contributed by atoms with E-state index < -0.39 is 16.8 Å². The van der Waals surface area contributed by atoms with Crippen molar-refractivity contribution in [1.29, 1.82) is 0 Å². The summed E-state index contributed by atoms with van der Waals surface area (Å²) in [6.07, 6.45) is 3.89. The van der Waals surface area contributed by atoms with Crippen LogP contribution in [0.1, 0.15) is 37.7 Å². The number of carbonyl (C=O) groups is 2. The van der Waals surface area contributed by atoms with Crippen LogP contribution in [0.25, 0.3) is 0 Å². The number of rotatable bonds is 3. The molecular formula is C20H25NO4. The van der Waals surface area contributed by atoms with Crippen LogP contribution in [0.2, 0.25) is 0 Å². The fourth-order valence-corrected chi connectivity index (χ4v) is 5.20. The number of amides is 1. The molecule has 2 saturated heterocycles. The Morgan fingerprint density at radius 2 is 1.84 bits per heavy atom. The molecule has 2 atom stereocenters. The van der Waals surface area contributed by atoms with Crippen molar-refractivity contribution in [2.24, 2.45) is 11.3 Å². The molecule has 5 heteroatoms. The maximum atomic E-state index is 13.6. The van der Waals surface area contributed by atoms with Gasteiger partial charge < -0.3 is 14.7 Å². The van der Waals surface area contributed by atoms with E-state index in [0.29, 0.717) is 45.6 Å². The van der Waals surface area contributed by atoms with Crippen molar-refractivity contribution in [3.8, 4) is 0 Å². The molecule has 0 spiro atoms. The number of aliphatic carboxylic acids is 1. The second-order valence-corrected chi connectivity index (χ2v) is 7.80. The molecule has 1 amide bonds. The number of benzene rings is 1. The summed E-state index contributed by atoms with van der Waals surface area (Å²) >= 11 is 0. The predicted octanol–water partition coefficient (Wildman–Crippen LogP) is 2.45. The van der Waals surface area contributed by atoms with Crippen LogP contribution in [0.4, 0.5) is 0 Å². The highest BCUT2D eigenvalue weighted by molar-refractivity contribution is 5.90. The number of nitrogens with zero attached hydrogens (tertiary/aromatic N) is 1. The zero-order valence-corrected chi connectivity index (χ0v) is 14.4. The standard InChI is InChI=1S/C20H25NO4/c22-17(21-13-16-7-4-8-20(16,14-21)18(23)24)19(9-11-25-12-10-19)15-5-2-1-3-6-15/h1-3,5-6,16H,4,7-14H2,(H,23,24)/t16-,20+/m0/s1. The van der Waals surface area contributed by atoms with Gasteiger partial charge in [-0.05, 0) is 37.2 Å². The van der Waals surface area contributed by atoms with Crippen molar-refractivity contribution in [3.05, 3.63) is 35.9 Å². The van der Waals surface area contributed by atoms with Crippen molar-refractivity contribution in [2.45, 2.75) is 37.5 Å². The van der Waals surface area contributed by atoms with Gasteiger partial charge in [0.15, 0.2) is 0 Å². The lowest BCUT2D eigenvalue weighted by atomic mass is 9.73. The largest absolute Gasteiger partial charge is 0.481 e. The minimum absolute atomic E-state index is 0.0945. The van der Waals surface area contributed by atoms with E-state index in [9.17, 15) is 14.7 Å². The van der Waals surface area contributed by atoms with Crippen LogP contribution in [0.15, 0.2) is 30.3 Å². The Bertz CT molecular complexity index is 668. The Morgan fingerprint density at radius 3 is 2.48 bits per heavy atom. The second kappa shape index (κ2) is 6.13. The van der Waals surface area contributed by atoms with Crippen molar-refractivity contribution in [2.75, 3.05) is 26.3 Å². The van der Waals surface area contributed by atoms with E-state index >= 15 is 0 Å². The molecule has 0 radical (unpaired) electrons. The van der Waals surface area contributed by atoms with Gasteiger partial charge in [0, 0.05) is 26.3 Å². The Balaban J connectivity index is 1.65. The van der Waals surface area contributed by atoms with Crippen LogP contribution in [0.5, 0.6) is 0 Å². The lowest BCUT2D eigenvalue weighted by Crippen LogP contribution is -2.50. The Morgan fingerprint density at radius 1 is 1.12 bits per heavy atom. The summed E-state index contributed by atoms with van der Waals surface area (Å²) in [6, 6.07) is 9.94. The van der Waals surface area contributed by atoms with Gasteiger partial charge >= 0.3 is 5.97 Å². The molecule has 1 aliphatic carbocycles. The molecule has 4 rings (SSSR count). The van der Waals surface area contributed by atoms with Crippen LogP contribution >= 0.6 is 0 Å². The van der Waals surface area contributed by atoms with Crippen LogP contribution in [-0.2, 0) is 19.7 Å². The molecule has 5 nitrogen and oxygen atoms in total. The number of carboxylic acids is 1. The third-order valence-electron chi connectivity index (χ3n) is 6.67. The van der Waals surface area contributed by atoms with E-state index in [1.54, 1.807) is 0 Å². The van der Waals surface area contributed by atoms with Gasteiger partial charge in [-0.1, -0.05) is 36.8 Å². The van der Waals surface area contributed by atoms with Crippen LogP contribution < -0.4 is 0 Å². The monoisotopic (exact) mass is 343 g/mol. The van der Waals surface area contributed by atoms with E-state index in [1.165, 1.54) is 0 Å². The molecule has 0 unspecified atom stereocenters. The van der Waals surface area contributed by atoms with E-state index in [-0.39, 0.29) is 11.8 Å². The first kappa shape index (κ1) is 16.6. The maximum absolute atomic E-state index is 13.6. The summed E-state index contributed by atoms with van der Waals surface area (Å²) in [6.45, 7) is 2.09. The highest BCUT2D eigenvalue weighted by Crippen LogP contribution is 2.50. The summed E-state index contributed by atoms with van der Waals surface area (Å²) in [7, 11) is 0. The minimum atomic E-state index is -0.731. The minimum Gasteiger partial charge on any atom is -0.481 e. The molecule has 2 aliphatic heterocycles. The van der Waals surface area contributed by atoms with Gasteiger partial charge in [-0.15, -0.1) is 0 Å². The van der Waals surface area contributed by atoms with E-state index in [2.05, 4.69) is 0 Å². The number of carbonyl (C=O) groups excluding carboxylic acids is 1. The lowest BCUT2D eigenvalue weighted by molar-refractivity contribution is -0.150. The molecular weight excluding hydrogens is 318 g/mol. The van der Waals surface area contributed by atoms with Gasteiger partial charge in [-0.25, -0.2) is 0 Å². The number of carboxylic acid groups (broad SMARTS) is 1. The molecule has 1 N–H and O–H groups in total. The van der Waals surface area contributed by atoms with Gasteiger partial charge in [-0.2, -0.15) is 0 Å². The number of hydrogen-bond acceptors (Lipinski definition) is 3. The van der Waals surface area contributed by atoms with Gasteiger partial charge in [0.1, 0.15) is 0 Å². The Hall–Kier alpha value is -1.88. The molecule has 0 aromatic heterocycles. The maximum Gasteiger partial charge on any atom is 0.311 e. The summed E-state index contributed by atoms with van der Waals surface area (Å²) in [4.78, 5) is 27.4. The van der Waals surface area contributed by atoms with E-state index in [4.69, 9.17) is 4.74 Å². The quantitative estimate of drug-likeness (QED) is 0.915. The number of hydrogen-bond donors (Lipinski definition) is 1. The van der Waals surface area contributed by atoms with Crippen LogP contribution in [-0.4, -0.2) is 48.2 Å². The molecule has 1 aromatic rings. The molecule has 25 heavy (non-hydrogen) atoms. The van der Waals surface area contributed by atoms with Crippen molar-refractivity contribution >= 4 is 11.9 Å². The van der Waals surface area contributed by atoms with Gasteiger partial charge in [0.25, 0.3) is 0 Å². The van der Waals surface area contributed by atoms with Gasteiger partial charge in [0.2, 0.25) is 5.91 Å². The van der Waals surface area contributed by atoms with Crippen LogP contribution in [0, 0.1) is 11.3 Å². The topological polar surface area (TPSA) is 66.8 Å². The lowest BCUT2D eigenvalue weighted by Gasteiger charge is -2.39. The highest BCUT2D eigenvalue weighted by atomic mass is 16.5. The zero-order valence-electron chi connectivity index (χ0n) is 14.4. The third-order valence-corrected chi connectivity index (χ3v) is 6.67. The summed E-state index contributed by atoms with van der Waals surface area (Å²) < 4.78 is 5.53. The fourth-order valence-electron chi connectivity index (χ4n) is 5.20. The van der Waals surface area contributed by atoms with E-state index in [1.807, 2.05) is 35.2 Å². The first-order valence-corrected chi connectivity index (χ1v) is 9.25. The number of fused-ring (bicyclic) bond motifs is 1. The average molecular weight is 343 g/mol. The van der Waals surface area contributed by atoms with Gasteiger partial charge in [-0.3, -0.25) is 9.59 Å². The molecule has 0 bridgehead atoms. The molecule has 3 fully saturated rings. The first-order chi connectivity index (χ1) is 12.1. The number of likely N-dealkylation sites (tertiary alicyclic amines) is 1. The summed E-state index contributed by atoms with van der Waals surface area (Å²) in [5, 5.41) is 9.81. The van der Waals surface area contributed by atoms with Crippen molar-refractivity contribution in [1.82, 2.24) is 4.90 Å². The second-order valence-electron chi connectivity index (χ2n) is 7.80. The Kier molecular flexibility index (Phi) is 4.07. The molecule has 1 saturated carbocycles. The first-order valence-electron chi connectivity index (χ1n) is 9.25. The molecule has 1 aromatic carbocycles. The Labute approximate surface area is 148 Å². The smallest absolute Gasteiger partial charge is 0.311 e. The highest BCUT2D eigenvalue weighted by Gasteiger charge is 2.58. The fraction of sp³-hybridized carbons (Fsp3) is 0.600. The van der Waals surface area contributed by atoms with Crippen molar-refractivity contribution < 1.29 is 19.4 Å². The normalized spacial score (nSPS) is 30.9. The molecule has 2 heterocycles. The zero-order chi connectivity index (χ0) is 17.5. The van der Waals surface area contributed by atoms with Crippen LogP contribution in [0.3, 0.4) is 0 Å².